The number of fused-ring (bicyclic) bond motifs is 3. The lowest BCUT2D eigenvalue weighted by Gasteiger charge is -2.39. The Hall–Kier alpha value is -3.78. The average molecular weight is 447 g/mol. The van der Waals surface area contributed by atoms with Crippen LogP contribution in [0.25, 0.3) is 22.2 Å². The second kappa shape index (κ2) is 7.11. The molecule has 1 aliphatic heterocycles. The molecule has 4 aromatic rings. The lowest BCUT2D eigenvalue weighted by atomic mass is 9.97. The van der Waals surface area contributed by atoms with Gasteiger partial charge in [-0.25, -0.2) is 4.79 Å². The molecule has 1 atom stereocenters. The molecule has 0 spiro atoms. The average Bonchev–Trinajstić information content (AvgIpc) is 3.15. The summed E-state index contributed by atoms with van der Waals surface area (Å²) in [6.07, 6.45) is -0.753. The number of hydrogen-bond acceptors (Lipinski definition) is 5. The van der Waals surface area contributed by atoms with Crippen LogP contribution < -0.4 is 11.2 Å². The highest BCUT2D eigenvalue weighted by Gasteiger charge is 2.41. The van der Waals surface area contributed by atoms with Gasteiger partial charge in [-0.3, -0.25) is 13.9 Å². The third-order valence-corrected chi connectivity index (χ3v) is 6.41. The molecule has 0 bridgehead atoms. The Kier molecular flexibility index (Phi) is 4.54. The molecule has 5 rings (SSSR count). The zero-order chi connectivity index (χ0) is 23.7. The number of benzene rings is 2. The van der Waals surface area contributed by atoms with Crippen molar-refractivity contribution in [3.63, 3.8) is 0 Å². The van der Waals surface area contributed by atoms with Gasteiger partial charge in [-0.05, 0) is 31.5 Å². The number of phenolic OH excluding ortho intramolecular Hbond substituents is 2. The number of aromatic nitrogens is 3. The maximum atomic E-state index is 13.5. The molecular formula is C25H25N3O5. The SMILES string of the molecule is Cn1c(=O)c2c(-c3ccccc3)n3c(c2n(C)c1=O)[C@H](c1ccc(O)cc1O)OCC3(C)C. The van der Waals surface area contributed by atoms with Crippen LogP contribution in [0.3, 0.4) is 0 Å². The number of phenols is 2. The first kappa shape index (κ1) is 21.1. The predicted octanol–water partition coefficient (Wildman–Crippen LogP) is 2.97. The van der Waals surface area contributed by atoms with Crippen LogP contribution in [0.1, 0.15) is 31.2 Å². The first-order valence-electron chi connectivity index (χ1n) is 10.7. The van der Waals surface area contributed by atoms with E-state index in [0.29, 0.717) is 34.5 Å². The van der Waals surface area contributed by atoms with Crippen LogP contribution in [0.15, 0.2) is 58.1 Å². The van der Waals surface area contributed by atoms with Crippen LogP contribution in [0.4, 0.5) is 0 Å². The quantitative estimate of drug-likeness (QED) is 0.492. The van der Waals surface area contributed by atoms with E-state index in [0.717, 1.165) is 10.1 Å². The van der Waals surface area contributed by atoms with E-state index in [4.69, 9.17) is 4.74 Å². The van der Waals surface area contributed by atoms with Crippen molar-refractivity contribution >= 4 is 10.9 Å². The van der Waals surface area contributed by atoms with Gasteiger partial charge in [-0.2, -0.15) is 0 Å². The van der Waals surface area contributed by atoms with Crippen molar-refractivity contribution in [3.8, 4) is 22.8 Å². The summed E-state index contributed by atoms with van der Waals surface area (Å²) in [5.41, 5.74) is 1.67. The van der Waals surface area contributed by atoms with Gasteiger partial charge in [0.05, 0.1) is 34.4 Å². The summed E-state index contributed by atoms with van der Waals surface area (Å²) in [4.78, 5) is 26.4. The Morgan fingerprint density at radius 2 is 1.70 bits per heavy atom. The van der Waals surface area contributed by atoms with Crippen molar-refractivity contribution < 1.29 is 14.9 Å². The van der Waals surface area contributed by atoms with Gasteiger partial charge >= 0.3 is 5.69 Å². The standard InChI is InChI=1S/C25H25N3O5/c1-25(2)13-33-22(16-11-10-15(29)12-17(16)30)21-20-18(23(31)27(4)24(32)26(20)3)19(28(21)25)14-8-6-5-7-9-14/h5-12,22,29-30H,13H2,1-4H3/t22-/m0/s1. The number of hydrogen-bond donors (Lipinski definition) is 2. The van der Waals surface area contributed by atoms with Gasteiger partial charge in [0.1, 0.15) is 17.6 Å². The van der Waals surface area contributed by atoms with Crippen molar-refractivity contribution in [3.05, 3.63) is 80.6 Å². The molecule has 170 valence electrons. The second-order valence-electron chi connectivity index (χ2n) is 9.11. The Morgan fingerprint density at radius 3 is 2.36 bits per heavy atom. The van der Waals surface area contributed by atoms with E-state index in [2.05, 4.69) is 4.57 Å². The molecular weight excluding hydrogens is 422 g/mol. The third kappa shape index (κ3) is 2.94. The molecule has 2 aromatic heterocycles. The lowest BCUT2D eigenvalue weighted by molar-refractivity contribution is -0.00800. The number of nitrogens with zero attached hydrogens (tertiary/aromatic N) is 3. The zero-order valence-corrected chi connectivity index (χ0v) is 18.9. The molecule has 0 saturated heterocycles. The summed E-state index contributed by atoms with van der Waals surface area (Å²) in [7, 11) is 3.11. The van der Waals surface area contributed by atoms with E-state index < -0.39 is 22.9 Å². The number of ether oxygens (including phenoxy) is 1. The fourth-order valence-corrected chi connectivity index (χ4v) is 4.86. The monoisotopic (exact) mass is 447 g/mol. The van der Waals surface area contributed by atoms with Crippen LogP contribution in [-0.4, -0.2) is 30.5 Å². The molecule has 0 amide bonds. The topological polar surface area (TPSA) is 98.6 Å². The molecule has 0 radical (unpaired) electrons. The highest BCUT2D eigenvalue weighted by atomic mass is 16.5. The number of rotatable bonds is 2. The van der Waals surface area contributed by atoms with Crippen LogP contribution in [0.2, 0.25) is 0 Å². The van der Waals surface area contributed by atoms with Gasteiger partial charge in [0.25, 0.3) is 5.56 Å². The molecule has 0 fully saturated rings. The van der Waals surface area contributed by atoms with E-state index in [-0.39, 0.29) is 11.5 Å². The normalized spacial score (nSPS) is 17.3. The fourth-order valence-electron chi connectivity index (χ4n) is 4.86. The minimum atomic E-state index is -0.753. The van der Waals surface area contributed by atoms with Gasteiger partial charge in [0.2, 0.25) is 0 Å². The van der Waals surface area contributed by atoms with Gasteiger partial charge in [0.15, 0.2) is 0 Å². The maximum Gasteiger partial charge on any atom is 0.331 e. The molecule has 3 heterocycles. The van der Waals surface area contributed by atoms with Crippen LogP contribution >= 0.6 is 0 Å². The summed E-state index contributed by atoms with van der Waals surface area (Å²) in [5, 5.41) is 20.8. The van der Waals surface area contributed by atoms with Crippen molar-refractivity contribution in [2.75, 3.05) is 6.61 Å². The predicted molar refractivity (Wildman–Crippen MR) is 125 cm³/mol. The van der Waals surface area contributed by atoms with E-state index in [9.17, 15) is 19.8 Å². The zero-order valence-electron chi connectivity index (χ0n) is 18.9. The van der Waals surface area contributed by atoms with E-state index in [1.54, 1.807) is 13.1 Å². The van der Waals surface area contributed by atoms with Crippen LogP contribution in [0.5, 0.6) is 11.5 Å². The number of aromatic hydroxyl groups is 2. The molecule has 0 aliphatic carbocycles. The molecule has 0 unspecified atom stereocenters. The Labute approximate surface area is 189 Å². The van der Waals surface area contributed by atoms with Crippen molar-refractivity contribution in [1.29, 1.82) is 0 Å². The molecule has 2 aromatic carbocycles. The number of aryl methyl sites for hydroxylation is 1. The van der Waals surface area contributed by atoms with E-state index in [1.807, 2.05) is 44.2 Å². The van der Waals surface area contributed by atoms with Crippen molar-refractivity contribution in [2.45, 2.75) is 25.5 Å². The summed E-state index contributed by atoms with van der Waals surface area (Å²) >= 11 is 0. The summed E-state index contributed by atoms with van der Waals surface area (Å²) in [6.45, 7) is 4.33. The second-order valence-corrected chi connectivity index (χ2v) is 9.11. The maximum absolute atomic E-state index is 13.5. The van der Waals surface area contributed by atoms with Crippen LogP contribution in [-0.2, 0) is 24.4 Å². The Balaban J connectivity index is 2.02. The molecule has 33 heavy (non-hydrogen) atoms. The van der Waals surface area contributed by atoms with Gasteiger partial charge in [0, 0.05) is 25.7 Å². The Bertz CT molecular complexity index is 1530. The molecule has 8 nitrogen and oxygen atoms in total. The van der Waals surface area contributed by atoms with E-state index in [1.165, 1.54) is 23.7 Å². The lowest BCUT2D eigenvalue weighted by Crippen LogP contribution is -2.40. The van der Waals surface area contributed by atoms with Crippen LogP contribution in [0, 0.1) is 0 Å². The largest absolute Gasteiger partial charge is 0.508 e. The third-order valence-electron chi connectivity index (χ3n) is 6.41. The highest BCUT2D eigenvalue weighted by molar-refractivity contribution is 5.96. The van der Waals surface area contributed by atoms with Gasteiger partial charge in [-0.15, -0.1) is 0 Å². The van der Waals surface area contributed by atoms with Gasteiger partial charge in [-0.1, -0.05) is 30.3 Å². The van der Waals surface area contributed by atoms with Crippen molar-refractivity contribution in [1.82, 2.24) is 13.7 Å². The summed E-state index contributed by atoms with van der Waals surface area (Å²) < 4.78 is 10.9. The smallest absolute Gasteiger partial charge is 0.331 e. The minimum absolute atomic E-state index is 0.0705. The first-order valence-corrected chi connectivity index (χ1v) is 10.7. The van der Waals surface area contributed by atoms with Gasteiger partial charge < -0.3 is 19.5 Å². The Morgan fingerprint density at radius 1 is 1.00 bits per heavy atom. The van der Waals surface area contributed by atoms with Crippen molar-refractivity contribution in [2.24, 2.45) is 14.1 Å². The summed E-state index contributed by atoms with van der Waals surface area (Å²) in [6, 6.07) is 13.9. The molecule has 2 N–H and O–H groups in total. The summed E-state index contributed by atoms with van der Waals surface area (Å²) in [5.74, 6) is -0.199. The first-order chi connectivity index (χ1) is 15.6. The molecule has 0 saturated carbocycles. The highest BCUT2D eigenvalue weighted by Crippen LogP contribution is 2.47. The van der Waals surface area contributed by atoms with E-state index >= 15 is 0 Å². The molecule has 1 aliphatic rings. The molecule has 8 heteroatoms. The fraction of sp³-hybridized carbons (Fsp3) is 0.280. The minimum Gasteiger partial charge on any atom is -0.508 e.